The smallest absolute Gasteiger partial charge is 0.223 e. The molecule has 1 aromatic heterocycles. The third kappa shape index (κ3) is 4.30. The Morgan fingerprint density at radius 3 is 2.73 bits per heavy atom. The molecule has 0 saturated heterocycles. The van der Waals surface area contributed by atoms with Gasteiger partial charge in [0, 0.05) is 0 Å². The van der Waals surface area contributed by atoms with Gasteiger partial charge in [-0.25, -0.2) is 0 Å². The van der Waals surface area contributed by atoms with E-state index >= 15 is 0 Å². The number of carbonyl (C=O) groups is 1. The first-order valence-corrected chi connectivity index (χ1v) is 5.28. The van der Waals surface area contributed by atoms with E-state index in [1.54, 1.807) is 12.1 Å². The lowest BCUT2D eigenvalue weighted by atomic mass is 10.1. The third-order valence-electron chi connectivity index (χ3n) is 2.10. The lowest BCUT2D eigenvalue weighted by molar-refractivity contribution is 0.0427. The molecule has 0 spiro atoms. The Kier molecular flexibility index (Phi) is 4.56. The lowest BCUT2D eigenvalue weighted by Crippen LogP contribution is -2.17. The van der Waals surface area contributed by atoms with E-state index in [-0.39, 0.29) is 18.5 Å². The van der Waals surface area contributed by atoms with Crippen molar-refractivity contribution in [2.75, 3.05) is 6.61 Å². The molecule has 1 unspecified atom stereocenters. The number of carbonyl (C=O) groups excluding carboxylic acids is 1. The molecule has 0 radical (unpaired) electrons. The summed E-state index contributed by atoms with van der Waals surface area (Å²) in [5.41, 5.74) is 0. The quantitative estimate of drug-likeness (QED) is 0.678. The number of hydrogen-bond acceptors (Lipinski definition) is 3. The molecule has 15 heavy (non-hydrogen) atoms. The van der Waals surface area contributed by atoms with Gasteiger partial charge in [-0.1, -0.05) is 13.8 Å². The van der Waals surface area contributed by atoms with Gasteiger partial charge < -0.3 is 9.15 Å². The number of ketones is 1. The summed E-state index contributed by atoms with van der Waals surface area (Å²) in [7, 11) is 0. The predicted octanol–water partition coefficient (Wildman–Crippen LogP) is 2.91. The van der Waals surface area contributed by atoms with Crippen molar-refractivity contribution in [3.8, 4) is 0 Å². The van der Waals surface area contributed by atoms with Crippen LogP contribution in [0.15, 0.2) is 22.8 Å². The van der Waals surface area contributed by atoms with Gasteiger partial charge in [-0.2, -0.15) is 0 Å². The number of furan rings is 1. The van der Waals surface area contributed by atoms with Gasteiger partial charge in [-0.3, -0.25) is 4.79 Å². The zero-order valence-electron chi connectivity index (χ0n) is 9.53. The standard InChI is InChI=1S/C12H18O3/c1-9(2)7-10(3)15-8-11(13)12-5-4-6-14-12/h4-6,9-10H,7-8H2,1-3H3. The van der Waals surface area contributed by atoms with Crippen molar-refractivity contribution in [3.63, 3.8) is 0 Å². The van der Waals surface area contributed by atoms with Crippen LogP contribution in [0.1, 0.15) is 37.7 Å². The maximum absolute atomic E-state index is 11.5. The fourth-order valence-electron chi connectivity index (χ4n) is 1.46. The molecule has 3 heteroatoms. The molecule has 0 aromatic carbocycles. The molecule has 0 amide bonds. The molecule has 0 N–H and O–H groups in total. The molecule has 1 heterocycles. The number of rotatable bonds is 6. The Labute approximate surface area is 90.4 Å². The van der Waals surface area contributed by atoms with Gasteiger partial charge in [-0.05, 0) is 31.4 Å². The van der Waals surface area contributed by atoms with Crippen LogP contribution in [-0.4, -0.2) is 18.5 Å². The van der Waals surface area contributed by atoms with Gasteiger partial charge >= 0.3 is 0 Å². The monoisotopic (exact) mass is 210 g/mol. The molecule has 0 fully saturated rings. The van der Waals surface area contributed by atoms with Crippen molar-refractivity contribution in [1.82, 2.24) is 0 Å². The number of hydrogen-bond donors (Lipinski definition) is 0. The van der Waals surface area contributed by atoms with Gasteiger partial charge in [-0.15, -0.1) is 0 Å². The minimum atomic E-state index is -0.101. The molecular weight excluding hydrogens is 192 g/mol. The first kappa shape index (κ1) is 12.0. The highest BCUT2D eigenvalue weighted by atomic mass is 16.5. The van der Waals surface area contributed by atoms with E-state index in [9.17, 15) is 4.79 Å². The van der Waals surface area contributed by atoms with E-state index in [1.165, 1.54) is 6.26 Å². The Morgan fingerprint density at radius 2 is 2.20 bits per heavy atom. The zero-order valence-corrected chi connectivity index (χ0v) is 9.53. The highest BCUT2D eigenvalue weighted by Gasteiger charge is 2.11. The molecule has 0 saturated carbocycles. The molecule has 1 rings (SSSR count). The van der Waals surface area contributed by atoms with Gasteiger partial charge in [0.05, 0.1) is 12.4 Å². The molecule has 0 aliphatic rings. The van der Waals surface area contributed by atoms with E-state index < -0.39 is 0 Å². The second kappa shape index (κ2) is 5.71. The lowest BCUT2D eigenvalue weighted by Gasteiger charge is -2.13. The molecule has 0 aliphatic carbocycles. The van der Waals surface area contributed by atoms with E-state index in [1.807, 2.05) is 6.92 Å². The van der Waals surface area contributed by atoms with Crippen LogP contribution >= 0.6 is 0 Å². The van der Waals surface area contributed by atoms with E-state index in [2.05, 4.69) is 13.8 Å². The van der Waals surface area contributed by atoms with E-state index in [4.69, 9.17) is 9.15 Å². The third-order valence-corrected chi connectivity index (χ3v) is 2.10. The summed E-state index contributed by atoms with van der Waals surface area (Å²) in [6, 6.07) is 3.35. The van der Waals surface area contributed by atoms with Crippen molar-refractivity contribution >= 4 is 5.78 Å². The van der Waals surface area contributed by atoms with Crippen LogP contribution in [0.25, 0.3) is 0 Å². The summed E-state index contributed by atoms with van der Waals surface area (Å²) in [5.74, 6) is 0.848. The highest BCUT2D eigenvalue weighted by molar-refractivity contribution is 5.94. The fraction of sp³-hybridized carbons (Fsp3) is 0.583. The van der Waals surface area contributed by atoms with Crippen LogP contribution in [0.3, 0.4) is 0 Å². The normalized spacial score (nSPS) is 13.1. The van der Waals surface area contributed by atoms with Crippen LogP contribution in [0.4, 0.5) is 0 Å². The average molecular weight is 210 g/mol. The highest BCUT2D eigenvalue weighted by Crippen LogP contribution is 2.08. The van der Waals surface area contributed by atoms with Crippen molar-refractivity contribution in [3.05, 3.63) is 24.2 Å². The summed E-state index contributed by atoms with van der Waals surface area (Å²) < 4.78 is 10.4. The van der Waals surface area contributed by atoms with Gasteiger partial charge in [0.2, 0.25) is 5.78 Å². The topological polar surface area (TPSA) is 39.4 Å². The predicted molar refractivity (Wildman–Crippen MR) is 57.9 cm³/mol. The van der Waals surface area contributed by atoms with Crippen LogP contribution in [0, 0.1) is 5.92 Å². The summed E-state index contributed by atoms with van der Waals surface area (Å²) in [5, 5.41) is 0. The largest absolute Gasteiger partial charge is 0.461 e. The van der Waals surface area contributed by atoms with Crippen LogP contribution < -0.4 is 0 Å². The molecule has 0 bridgehead atoms. The van der Waals surface area contributed by atoms with Crippen molar-refractivity contribution in [2.24, 2.45) is 5.92 Å². The Bertz CT molecular complexity index is 288. The van der Waals surface area contributed by atoms with Crippen LogP contribution in [0.2, 0.25) is 0 Å². The van der Waals surface area contributed by atoms with Crippen molar-refractivity contribution in [1.29, 1.82) is 0 Å². The summed E-state index contributed by atoms with van der Waals surface area (Å²) in [4.78, 5) is 11.5. The van der Waals surface area contributed by atoms with E-state index in [0.29, 0.717) is 11.7 Å². The fourth-order valence-corrected chi connectivity index (χ4v) is 1.46. The second-order valence-corrected chi connectivity index (χ2v) is 4.15. The average Bonchev–Trinajstić information content (AvgIpc) is 2.65. The Hall–Kier alpha value is -1.09. The minimum Gasteiger partial charge on any atom is -0.461 e. The van der Waals surface area contributed by atoms with Gasteiger partial charge in [0.1, 0.15) is 6.61 Å². The van der Waals surface area contributed by atoms with Crippen LogP contribution in [-0.2, 0) is 4.74 Å². The molecule has 3 nitrogen and oxygen atoms in total. The molecule has 0 aliphatic heterocycles. The van der Waals surface area contributed by atoms with Gasteiger partial charge in [0.15, 0.2) is 5.76 Å². The Morgan fingerprint density at radius 1 is 1.47 bits per heavy atom. The van der Waals surface area contributed by atoms with Gasteiger partial charge in [0.25, 0.3) is 0 Å². The van der Waals surface area contributed by atoms with Crippen molar-refractivity contribution < 1.29 is 13.9 Å². The minimum absolute atomic E-state index is 0.0986. The Balaban J connectivity index is 2.28. The maximum atomic E-state index is 11.5. The molecule has 84 valence electrons. The number of Topliss-reactive ketones (excluding diaryl/α,β-unsaturated/α-hetero) is 1. The first-order chi connectivity index (χ1) is 7.09. The zero-order chi connectivity index (χ0) is 11.3. The SMILES string of the molecule is CC(C)CC(C)OCC(=O)c1ccco1. The first-order valence-electron chi connectivity index (χ1n) is 5.28. The summed E-state index contributed by atoms with van der Waals surface area (Å²) in [6.07, 6.45) is 2.57. The molecule has 1 aromatic rings. The summed E-state index contributed by atoms with van der Waals surface area (Å²) >= 11 is 0. The second-order valence-electron chi connectivity index (χ2n) is 4.15. The maximum Gasteiger partial charge on any atom is 0.223 e. The molecular formula is C12H18O3. The van der Waals surface area contributed by atoms with Crippen LogP contribution in [0.5, 0.6) is 0 Å². The molecule has 1 atom stereocenters. The number of ether oxygens (including phenoxy) is 1. The van der Waals surface area contributed by atoms with Crippen molar-refractivity contribution in [2.45, 2.75) is 33.3 Å². The summed E-state index contributed by atoms with van der Waals surface area (Å²) in [6.45, 7) is 6.35. The van der Waals surface area contributed by atoms with E-state index in [0.717, 1.165) is 6.42 Å².